The van der Waals surface area contributed by atoms with Crippen LogP contribution < -0.4 is 5.32 Å². The highest BCUT2D eigenvalue weighted by atomic mass is 16.5. The Morgan fingerprint density at radius 1 is 1.33 bits per heavy atom. The third-order valence-electron chi connectivity index (χ3n) is 4.99. The number of hydrogen-bond donors (Lipinski definition) is 1. The first-order valence-corrected chi connectivity index (χ1v) is 9.22. The minimum absolute atomic E-state index is 0.0150. The van der Waals surface area contributed by atoms with Gasteiger partial charge in [-0.25, -0.2) is 15.0 Å². The summed E-state index contributed by atoms with van der Waals surface area (Å²) < 4.78 is 5.39. The Morgan fingerprint density at radius 2 is 2.11 bits per heavy atom. The van der Waals surface area contributed by atoms with Gasteiger partial charge in [0.15, 0.2) is 0 Å². The quantitative estimate of drug-likeness (QED) is 0.871. The summed E-state index contributed by atoms with van der Waals surface area (Å²) in [5.74, 6) is 2.10. The first kappa shape index (κ1) is 19.2. The topological polar surface area (TPSA) is 80.2 Å². The molecular formula is C20H27N5O2. The van der Waals surface area contributed by atoms with Crippen LogP contribution in [0.1, 0.15) is 49.8 Å². The van der Waals surface area contributed by atoms with Crippen LogP contribution in [0.4, 0.5) is 11.6 Å². The first-order valence-electron chi connectivity index (χ1n) is 9.22. The van der Waals surface area contributed by atoms with Gasteiger partial charge in [0.2, 0.25) is 0 Å². The van der Waals surface area contributed by atoms with Crippen molar-refractivity contribution in [1.29, 1.82) is 0 Å². The van der Waals surface area contributed by atoms with E-state index in [4.69, 9.17) is 4.74 Å². The van der Waals surface area contributed by atoms with Gasteiger partial charge in [-0.1, -0.05) is 6.07 Å². The molecule has 1 aliphatic rings. The number of anilines is 2. The summed E-state index contributed by atoms with van der Waals surface area (Å²) in [5.41, 5.74) is 1.03. The predicted molar refractivity (Wildman–Crippen MR) is 104 cm³/mol. The fraction of sp³-hybridized carbons (Fsp3) is 0.500. The normalized spacial score (nSPS) is 17.2. The van der Waals surface area contributed by atoms with E-state index in [1.165, 1.54) is 0 Å². The van der Waals surface area contributed by atoms with Crippen molar-refractivity contribution < 1.29 is 9.53 Å². The van der Waals surface area contributed by atoms with Crippen molar-refractivity contribution in [2.45, 2.75) is 52.2 Å². The molecule has 1 aliphatic heterocycles. The second-order valence-electron chi connectivity index (χ2n) is 7.39. The lowest BCUT2D eigenvalue weighted by Gasteiger charge is -2.32. The summed E-state index contributed by atoms with van der Waals surface area (Å²) in [6, 6.07) is 5.74. The largest absolute Gasteiger partial charge is 0.369 e. The molecule has 27 heavy (non-hydrogen) atoms. The Hall–Kier alpha value is -2.54. The molecule has 144 valence electrons. The smallest absolute Gasteiger partial charge is 0.254 e. The van der Waals surface area contributed by atoms with Crippen molar-refractivity contribution in [1.82, 2.24) is 19.9 Å². The highest BCUT2D eigenvalue weighted by molar-refractivity contribution is 5.85. The third kappa shape index (κ3) is 4.08. The molecule has 7 nitrogen and oxygen atoms in total. The van der Waals surface area contributed by atoms with Crippen LogP contribution >= 0.6 is 0 Å². The zero-order chi connectivity index (χ0) is 19.6. The van der Waals surface area contributed by atoms with Crippen LogP contribution in [0.15, 0.2) is 24.4 Å². The summed E-state index contributed by atoms with van der Waals surface area (Å²) in [7, 11) is 1.56. The number of aryl methyl sites for hydroxylation is 2. The number of rotatable bonds is 5. The van der Waals surface area contributed by atoms with E-state index in [1.54, 1.807) is 27.2 Å². The maximum Gasteiger partial charge on any atom is 0.254 e. The highest BCUT2D eigenvalue weighted by Crippen LogP contribution is 2.34. The van der Waals surface area contributed by atoms with E-state index < -0.39 is 5.60 Å². The van der Waals surface area contributed by atoms with Crippen LogP contribution in [-0.4, -0.2) is 45.0 Å². The molecule has 3 heterocycles. The lowest BCUT2D eigenvalue weighted by Crippen LogP contribution is -2.46. The minimum atomic E-state index is -0.850. The second kappa shape index (κ2) is 7.60. The number of carbonyl (C=O) groups is 1. The van der Waals surface area contributed by atoms with Crippen molar-refractivity contribution in [3.05, 3.63) is 41.5 Å². The van der Waals surface area contributed by atoms with Gasteiger partial charge < -0.3 is 15.0 Å². The summed E-state index contributed by atoms with van der Waals surface area (Å²) >= 11 is 0. The summed E-state index contributed by atoms with van der Waals surface area (Å²) in [6.07, 6.45) is 3.57. The van der Waals surface area contributed by atoms with E-state index in [1.807, 2.05) is 36.9 Å². The van der Waals surface area contributed by atoms with E-state index in [0.717, 1.165) is 29.9 Å². The van der Waals surface area contributed by atoms with E-state index in [0.29, 0.717) is 18.2 Å². The van der Waals surface area contributed by atoms with Crippen molar-refractivity contribution in [2.75, 3.05) is 19.0 Å². The van der Waals surface area contributed by atoms with Gasteiger partial charge in [-0.3, -0.25) is 4.79 Å². The number of nitrogens with zero attached hydrogens (tertiary/aromatic N) is 4. The number of hydrogen-bond acceptors (Lipinski definition) is 6. The SMILES string of the molecule is COC(C)(C)C(=O)N1CCC[C@H]1c1cc(Nc2ncccc2C)nc(C)n1. The zero-order valence-corrected chi connectivity index (χ0v) is 16.6. The average Bonchev–Trinajstić information content (AvgIpc) is 3.12. The fourth-order valence-corrected chi connectivity index (χ4v) is 3.31. The van der Waals surface area contributed by atoms with Gasteiger partial charge in [0, 0.05) is 25.9 Å². The molecule has 2 aromatic heterocycles. The molecule has 3 rings (SSSR count). The van der Waals surface area contributed by atoms with Crippen molar-refractivity contribution >= 4 is 17.5 Å². The molecule has 1 saturated heterocycles. The predicted octanol–water partition coefficient (Wildman–Crippen LogP) is 3.32. The van der Waals surface area contributed by atoms with Gasteiger partial charge in [0.05, 0.1) is 11.7 Å². The monoisotopic (exact) mass is 369 g/mol. The molecule has 0 saturated carbocycles. The molecule has 0 radical (unpaired) electrons. The molecule has 7 heteroatoms. The molecule has 0 bridgehead atoms. The highest BCUT2D eigenvalue weighted by Gasteiger charge is 2.39. The zero-order valence-electron chi connectivity index (χ0n) is 16.6. The maximum atomic E-state index is 12.9. The lowest BCUT2D eigenvalue weighted by atomic mass is 10.1. The van der Waals surface area contributed by atoms with Crippen molar-refractivity contribution in [3.8, 4) is 0 Å². The molecule has 0 spiro atoms. The molecule has 0 unspecified atom stereocenters. The minimum Gasteiger partial charge on any atom is -0.369 e. The second-order valence-corrected chi connectivity index (χ2v) is 7.39. The van der Waals surface area contributed by atoms with Gasteiger partial charge >= 0.3 is 0 Å². The Bertz CT molecular complexity index is 837. The van der Waals surface area contributed by atoms with E-state index >= 15 is 0 Å². The van der Waals surface area contributed by atoms with Crippen LogP contribution in [0, 0.1) is 13.8 Å². The molecular weight excluding hydrogens is 342 g/mol. The van der Waals surface area contributed by atoms with Gasteiger partial charge in [-0.15, -0.1) is 0 Å². The number of aromatic nitrogens is 3. The van der Waals surface area contributed by atoms with Gasteiger partial charge in [-0.2, -0.15) is 0 Å². The Kier molecular flexibility index (Phi) is 5.41. The Morgan fingerprint density at radius 3 is 2.81 bits per heavy atom. The van der Waals surface area contributed by atoms with Crippen LogP contribution in [0.25, 0.3) is 0 Å². The van der Waals surface area contributed by atoms with Crippen LogP contribution in [0.2, 0.25) is 0 Å². The average molecular weight is 369 g/mol. The third-order valence-corrected chi connectivity index (χ3v) is 4.99. The van der Waals surface area contributed by atoms with Crippen LogP contribution in [0.3, 0.4) is 0 Å². The molecule has 1 fully saturated rings. The Labute approximate surface area is 160 Å². The summed E-state index contributed by atoms with van der Waals surface area (Å²) in [6.45, 7) is 8.16. The maximum absolute atomic E-state index is 12.9. The number of amides is 1. The summed E-state index contributed by atoms with van der Waals surface area (Å²) in [5, 5.41) is 3.27. The molecule has 2 aromatic rings. The lowest BCUT2D eigenvalue weighted by molar-refractivity contribution is -0.152. The van der Waals surface area contributed by atoms with Gasteiger partial charge in [-0.05, 0) is 52.2 Å². The first-order chi connectivity index (χ1) is 12.8. The van der Waals surface area contributed by atoms with E-state index in [2.05, 4.69) is 20.3 Å². The molecule has 0 aromatic carbocycles. The van der Waals surface area contributed by atoms with Gasteiger partial charge in [0.1, 0.15) is 23.1 Å². The van der Waals surface area contributed by atoms with Crippen molar-refractivity contribution in [3.63, 3.8) is 0 Å². The molecule has 1 N–H and O–H groups in total. The van der Waals surface area contributed by atoms with Crippen molar-refractivity contribution in [2.24, 2.45) is 0 Å². The number of pyridine rings is 1. The number of nitrogens with one attached hydrogen (secondary N) is 1. The molecule has 1 atom stereocenters. The number of likely N-dealkylation sites (tertiary alicyclic amines) is 1. The Balaban J connectivity index is 1.89. The molecule has 1 amide bonds. The van der Waals surface area contributed by atoms with Crippen LogP contribution in [0.5, 0.6) is 0 Å². The number of methoxy groups -OCH3 is 1. The fourth-order valence-electron chi connectivity index (χ4n) is 3.31. The number of carbonyl (C=O) groups excluding carboxylic acids is 1. The van der Waals surface area contributed by atoms with Crippen LogP contribution in [-0.2, 0) is 9.53 Å². The standard InChI is InChI=1S/C20H27N5O2/c1-13-8-6-10-21-18(13)24-17-12-15(22-14(2)23-17)16-9-7-11-25(16)19(26)20(3,4)27-5/h6,8,10,12,16H,7,9,11H2,1-5H3,(H,21,22,23,24)/t16-/m0/s1. The van der Waals surface area contributed by atoms with E-state index in [-0.39, 0.29) is 11.9 Å². The summed E-state index contributed by atoms with van der Waals surface area (Å²) in [4.78, 5) is 28.3. The van der Waals surface area contributed by atoms with Gasteiger partial charge in [0.25, 0.3) is 5.91 Å². The molecule has 0 aliphatic carbocycles. The number of ether oxygens (including phenoxy) is 1. The van der Waals surface area contributed by atoms with E-state index in [9.17, 15) is 4.79 Å².